The highest BCUT2D eigenvalue weighted by atomic mass is 32.1. The summed E-state index contributed by atoms with van der Waals surface area (Å²) in [5.41, 5.74) is 0.789. The average Bonchev–Trinajstić information content (AvgIpc) is 3.49. The lowest BCUT2D eigenvalue weighted by Crippen LogP contribution is -2.43. The second-order valence-electron chi connectivity index (χ2n) is 7.10. The van der Waals surface area contributed by atoms with Crippen molar-refractivity contribution in [2.45, 2.75) is 26.2 Å². The summed E-state index contributed by atoms with van der Waals surface area (Å²) in [6.07, 6.45) is 2.30. The predicted molar refractivity (Wildman–Crippen MR) is 120 cm³/mol. The molecule has 0 unspecified atom stereocenters. The van der Waals surface area contributed by atoms with E-state index in [4.69, 9.17) is 0 Å². The van der Waals surface area contributed by atoms with Crippen LogP contribution >= 0.6 is 34.0 Å². The molecule has 1 fully saturated rings. The zero-order valence-electron chi connectivity index (χ0n) is 16.2. The summed E-state index contributed by atoms with van der Waals surface area (Å²) in [7, 11) is 0. The fourth-order valence-corrected chi connectivity index (χ4v) is 6.04. The maximum Gasteiger partial charge on any atom is 0.265 e. The van der Waals surface area contributed by atoms with Crippen LogP contribution in [-0.4, -0.2) is 41.3 Å². The summed E-state index contributed by atoms with van der Waals surface area (Å²) in [4.78, 5) is 35.0. The van der Waals surface area contributed by atoms with Crippen LogP contribution in [0.25, 0.3) is 9.88 Å². The van der Waals surface area contributed by atoms with E-state index in [0.717, 1.165) is 22.0 Å². The first kappa shape index (κ1) is 20.3. The van der Waals surface area contributed by atoms with Crippen LogP contribution < -0.4 is 5.32 Å². The number of likely N-dealkylation sites (tertiary alicyclic amines) is 1. The van der Waals surface area contributed by atoms with Gasteiger partial charge in [0.1, 0.15) is 9.88 Å². The van der Waals surface area contributed by atoms with Crippen LogP contribution in [0, 0.1) is 12.8 Å². The van der Waals surface area contributed by atoms with Crippen molar-refractivity contribution in [3.63, 3.8) is 0 Å². The quantitative estimate of drug-likeness (QED) is 0.610. The minimum atomic E-state index is -0.00776. The number of aromatic nitrogens is 1. The molecule has 0 bridgehead atoms. The topological polar surface area (TPSA) is 62.3 Å². The van der Waals surface area contributed by atoms with E-state index in [0.29, 0.717) is 37.4 Å². The highest BCUT2D eigenvalue weighted by Gasteiger charge is 2.29. The number of hydrogen-bond donors (Lipinski definition) is 1. The molecular formula is C21H23N3O2S3. The summed E-state index contributed by atoms with van der Waals surface area (Å²) < 4.78 is 0. The molecule has 3 aromatic heterocycles. The number of carbonyl (C=O) groups excluding carboxylic acids is 2. The lowest BCUT2D eigenvalue weighted by molar-refractivity contribution is -0.126. The number of nitrogens with one attached hydrogen (secondary N) is 1. The summed E-state index contributed by atoms with van der Waals surface area (Å²) in [6, 6.07) is 8.14. The molecule has 1 aliphatic rings. The monoisotopic (exact) mass is 445 g/mol. The molecule has 3 aromatic rings. The van der Waals surface area contributed by atoms with E-state index >= 15 is 0 Å². The lowest BCUT2D eigenvalue weighted by atomic mass is 9.95. The number of aryl methyl sites for hydroxylation is 1. The van der Waals surface area contributed by atoms with Crippen LogP contribution in [0.4, 0.5) is 0 Å². The molecule has 2 amide bonds. The second-order valence-corrected chi connectivity index (χ2v) is 10.1. The van der Waals surface area contributed by atoms with E-state index in [-0.39, 0.29) is 17.7 Å². The van der Waals surface area contributed by atoms with Crippen LogP contribution in [0.5, 0.6) is 0 Å². The number of hydrogen-bond acceptors (Lipinski definition) is 6. The summed E-state index contributed by atoms with van der Waals surface area (Å²) >= 11 is 4.81. The van der Waals surface area contributed by atoms with Crippen LogP contribution in [0.2, 0.25) is 0 Å². The standard InChI is InChI=1S/C21H23N3O2S3/c1-14-18(29-20(23-14)17-5-3-13-28-17)21(26)24-10-7-15(8-11-24)19(25)22-9-6-16-4-2-12-27-16/h2-5,12-13,15H,6-11H2,1H3,(H,22,25). The number of thiazole rings is 1. The van der Waals surface area contributed by atoms with Crippen molar-refractivity contribution in [1.29, 1.82) is 0 Å². The molecule has 0 saturated carbocycles. The van der Waals surface area contributed by atoms with E-state index in [1.807, 2.05) is 35.4 Å². The van der Waals surface area contributed by atoms with Gasteiger partial charge in [-0.3, -0.25) is 9.59 Å². The SMILES string of the molecule is Cc1nc(-c2cccs2)sc1C(=O)N1CCC(C(=O)NCCc2cccs2)CC1. The number of nitrogens with zero attached hydrogens (tertiary/aromatic N) is 2. The lowest BCUT2D eigenvalue weighted by Gasteiger charge is -2.31. The van der Waals surface area contributed by atoms with E-state index in [1.165, 1.54) is 16.2 Å². The first-order valence-electron chi connectivity index (χ1n) is 9.72. The van der Waals surface area contributed by atoms with Gasteiger partial charge >= 0.3 is 0 Å². The van der Waals surface area contributed by atoms with Gasteiger partial charge in [-0.05, 0) is 49.1 Å². The Morgan fingerprint density at radius 3 is 2.62 bits per heavy atom. The molecule has 1 N–H and O–H groups in total. The Bertz CT molecular complexity index is 956. The fourth-order valence-electron chi connectivity index (χ4n) is 3.50. The molecule has 0 radical (unpaired) electrons. The number of amides is 2. The van der Waals surface area contributed by atoms with Crippen molar-refractivity contribution in [2.24, 2.45) is 5.92 Å². The number of piperidine rings is 1. The van der Waals surface area contributed by atoms with E-state index < -0.39 is 0 Å². The zero-order valence-corrected chi connectivity index (χ0v) is 18.7. The normalized spacial score (nSPS) is 14.9. The molecule has 5 nitrogen and oxygen atoms in total. The minimum absolute atomic E-state index is 0.00776. The Morgan fingerprint density at radius 1 is 1.17 bits per heavy atom. The van der Waals surface area contributed by atoms with Gasteiger partial charge in [-0.15, -0.1) is 34.0 Å². The molecule has 0 aliphatic carbocycles. The third kappa shape index (κ3) is 4.76. The van der Waals surface area contributed by atoms with Gasteiger partial charge in [0.25, 0.3) is 5.91 Å². The molecular weight excluding hydrogens is 422 g/mol. The molecule has 0 aromatic carbocycles. The Balaban J connectivity index is 1.29. The van der Waals surface area contributed by atoms with Gasteiger partial charge in [0, 0.05) is 30.4 Å². The van der Waals surface area contributed by atoms with Crippen LogP contribution in [0.15, 0.2) is 35.0 Å². The first-order chi connectivity index (χ1) is 14.1. The summed E-state index contributed by atoms with van der Waals surface area (Å²) in [5.74, 6) is 0.147. The van der Waals surface area contributed by atoms with Gasteiger partial charge < -0.3 is 10.2 Å². The third-order valence-corrected chi connectivity index (χ3v) is 8.25. The van der Waals surface area contributed by atoms with Crippen molar-refractivity contribution in [2.75, 3.05) is 19.6 Å². The Labute approximate surface area is 182 Å². The van der Waals surface area contributed by atoms with Gasteiger partial charge in [-0.25, -0.2) is 4.98 Å². The Kier molecular flexibility index (Phi) is 6.42. The minimum Gasteiger partial charge on any atom is -0.355 e. The maximum absolute atomic E-state index is 13.0. The van der Waals surface area contributed by atoms with Gasteiger partial charge in [-0.2, -0.15) is 0 Å². The Hall–Kier alpha value is -2.03. The van der Waals surface area contributed by atoms with Crippen molar-refractivity contribution in [3.05, 3.63) is 50.5 Å². The van der Waals surface area contributed by atoms with Crippen molar-refractivity contribution >= 4 is 45.8 Å². The van der Waals surface area contributed by atoms with Crippen LogP contribution in [-0.2, 0) is 11.2 Å². The van der Waals surface area contributed by atoms with E-state index in [2.05, 4.69) is 21.7 Å². The third-order valence-electron chi connectivity index (χ3n) is 5.13. The van der Waals surface area contributed by atoms with Gasteiger partial charge in [0.2, 0.25) is 5.91 Å². The van der Waals surface area contributed by atoms with Crippen molar-refractivity contribution in [3.8, 4) is 9.88 Å². The van der Waals surface area contributed by atoms with Crippen molar-refractivity contribution < 1.29 is 9.59 Å². The molecule has 29 heavy (non-hydrogen) atoms. The molecule has 1 saturated heterocycles. The maximum atomic E-state index is 13.0. The molecule has 152 valence electrons. The largest absolute Gasteiger partial charge is 0.355 e. The first-order valence-corrected chi connectivity index (χ1v) is 12.3. The smallest absolute Gasteiger partial charge is 0.265 e. The zero-order chi connectivity index (χ0) is 20.2. The second kappa shape index (κ2) is 9.19. The average molecular weight is 446 g/mol. The van der Waals surface area contributed by atoms with Crippen LogP contribution in [0.1, 0.15) is 33.1 Å². The van der Waals surface area contributed by atoms with Crippen molar-refractivity contribution in [1.82, 2.24) is 15.2 Å². The number of carbonyl (C=O) groups is 2. The van der Waals surface area contributed by atoms with Gasteiger partial charge in [0.05, 0.1) is 10.6 Å². The van der Waals surface area contributed by atoms with Crippen LogP contribution in [0.3, 0.4) is 0 Å². The molecule has 4 heterocycles. The fraction of sp³-hybridized carbons (Fsp3) is 0.381. The van der Waals surface area contributed by atoms with E-state index in [9.17, 15) is 9.59 Å². The molecule has 4 rings (SSSR count). The predicted octanol–water partition coefficient (Wildman–Crippen LogP) is 4.45. The molecule has 8 heteroatoms. The Morgan fingerprint density at radius 2 is 1.93 bits per heavy atom. The molecule has 0 atom stereocenters. The number of rotatable bonds is 6. The highest BCUT2D eigenvalue weighted by molar-refractivity contribution is 7.22. The summed E-state index contributed by atoms with van der Waals surface area (Å²) in [5, 5.41) is 8.03. The highest BCUT2D eigenvalue weighted by Crippen LogP contribution is 2.32. The van der Waals surface area contributed by atoms with Gasteiger partial charge in [0.15, 0.2) is 0 Å². The molecule has 1 aliphatic heterocycles. The van der Waals surface area contributed by atoms with E-state index in [1.54, 1.807) is 22.7 Å². The van der Waals surface area contributed by atoms with Gasteiger partial charge in [-0.1, -0.05) is 12.1 Å². The molecule has 0 spiro atoms. The summed E-state index contributed by atoms with van der Waals surface area (Å²) in [6.45, 7) is 3.81. The number of thiophene rings is 2.